The second kappa shape index (κ2) is 4.63. The topological polar surface area (TPSA) is 32.3 Å². The molecule has 0 heterocycles. The van der Waals surface area contributed by atoms with Gasteiger partial charge in [-0.15, -0.1) is 0 Å². The second-order valence-corrected chi connectivity index (χ2v) is 5.50. The molecule has 1 atom stereocenters. The van der Waals surface area contributed by atoms with Crippen LogP contribution in [0, 0.1) is 5.92 Å². The Morgan fingerprint density at radius 1 is 1.21 bits per heavy atom. The highest BCUT2D eigenvalue weighted by Gasteiger charge is 2.28. The molecule has 0 aromatic rings. The van der Waals surface area contributed by atoms with Crippen LogP contribution < -0.4 is 5.32 Å². The molecular formula is C12H25NO. The third-order valence-electron chi connectivity index (χ3n) is 3.64. The summed E-state index contributed by atoms with van der Waals surface area (Å²) in [6.07, 6.45) is 4.89. The van der Waals surface area contributed by atoms with Crippen LogP contribution in [0.3, 0.4) is 0 Å². The van der Waals surface area contributed by atoms with E-state index in [1.807, 2.05) is 6.92 Å². The Hall–Kier alpha value is -0.0800. The Bertz CT molecular complexity index is 169. The van der Waals surface area contributed by atoms with Gasteiger partial charge < -0.3 is 10.4 Å². The van der Waals surface area contributed by atoms with Gasteiger partial charge in [0.1, 0.15) is 0 Å². The molecule has 0 aromatic heterocycles. The van der Waals surface area contributed by atoms with Gasteiger partial charge in [0.05, 0.1) is 6.10 Å². The molecule has 0 amide bonds. The van der Waals surface area contributed by atoms with E-state index in [0.29, 0.717) is 6.04 Å². The minimum atomic E-state index is -0.290. The van der Waals surface area contributed by atoms with Gasteiger partial charge in [-0.25, -0.2) is 0 Å². The van der Waals surface area contributed by atoms with Gasteiger partial charge in [-0.2, -0.15) is 0 Å². The highest BCUT2D eigenvalue weighted by Crippen LogP contribution is 2.25. The Morgan fingerprint density at radius 3 is 2.14 bits per heavy atom. The summed E-state index contributed by atoms with van der Waals surface area (Å²) in [5.74, 6) is 0.891. The van der Waals surface area contributed by atoms with E-state index < -0.39 is 0 Å². The molecular weight excluding hydrogens is 174 g/mol. The van der Waals surface area contributed by atoms with Gasteiger partial charge in [0.15, 0.2) is 0 Å². The van der Waals surface area contributed by atoms with Crippen molar-refractivity contribution in [3.05, 3.63) is 0 Å². The van der Waals surface area contributed by atoms with E-state index >= 15 is 0 Å². The molecule has 14 heavy (non-hydrogen) atoms. The summed E-state index contributed by atoms with van der Waals surface area (Å²) in [6, 6.07) is 0.607. The third kappa shape index (κ3) is 3.25. The number of hydrogen-bond donors (Lipinski definition) is 2. The van der Waals surface area contributed by atoms with E-state index in [4.69, 9.17) is 0 Å². The fourth-order valence-electron chi connectivity index (χ4n) is 2.05. The zero-order chi connectivity index (χ0) is 10.8. The van der Waals surface area contributed by atoms with Crippen LogP contribution in [-0.2, 0) is 0 Å². The molecule has 0 aliphatic heterocycles. The van der Waals surface area contributed by atoms with Gasteiger partial charge in [-0.05, 0) is 52.4 Å². The van der Waals surface area contributed by atoms with Crippen molar-refractivity contribution in [1.29, 1.82) is 0 Å². The lowest BCUT2D eigenvalue weighted by Crippen LogP contribution is -2.53. The molecule has 0 saturated heterocycles. The molecule has 0 radical (unpaired) electrons. The molecule has 2 N–H and O–H groups in total. The van der Waals surface area contributed by atoms with Crippen LogP contribution in [0.5, 0.6) is 0 Å². The van der Waals surface area contributed by atoms with Gasteiger partial charge in [0, 0.05) is 11.6 Å². The lowest BCUT2D eigenvalue weighted by Gasteiger charge is -2.37. The fraction of sp³-hybridized carbons (Fsp3) is 1.00. The first-order valence-electron chi connectivity index (χ1n) is 5.87. The molecule has 84 valence electrons. The minimum absolute atomic E-state index is 0.148. The van der Waals surface area contributed by atoms with Gasteiger partial charge in [-0.3, -0.25) is 0 Å². The normalized spacial score (nSPS) is 31.5. The number of aliphatic hydroxyl groups excluding tert-OH is 1. The Labute approximate surface area is 88.1 Å². The summed E-state index contributed by atoms with van der Waals surface area (Å²) in [5, 5.41) is 13.2. The zero-order valence-corrected chi connectivity index (χ0v) is 10.0. The van der Waals surface area contributed by atoms with Crippen LogP contribution in [-0.4, -0.2) is 22.8 Å². The van der Waals surface area contributed by atoms with E-state index in [-0.39, 0.29) is 11.6 Å². The van der Waals surface area contributed by atoms with Crippen LogP contribution >= 0.6 is 0 Å². The zero-order valence-electron chi connectivity index (χ0n) is 10.0. The predicted octanol–water partition coefficient (Wildman–Crippen LogP) is 2.31. The molecule has 0 aromatic carbocycles. The molecule has 1 aliphatic carbocycles. The first-order chi connectivity index (χ1) is 6.42. The number of nitrogens with one attached hydrogen (secondary N) is 1. The number of hydrogen-bond acceptors (Lipinski definition) is 2. The van der Waals surface area contributed by atoms with Crippen molar-refractivity contribution in [3.63, 3.8) is 0 Å². The second-order valence-electron chi connectivity index (χ2n) is 5.50. The standard InChI is InChI=1S/C12H25NO/c1-9-5-7-11(8-6-9)13-12(3,4)10(2)14/h9-11,13-14H,5-8H2,1-4H3. The van der Waals surface area contributed by atoms with E-state index in [1.54, 1.807) is 0 Å². The molecule has 2 heteroatoms. The molecule has 1 rings (SSSR count). The van der Waals surface area contributed by atoms with Crippen molar-refractivity contribution >= 4 is 0 Å². The Kier molecular flexibility index (Phi) is 3.96. The van der Waals surface area contributed by atoms with Crippen molar-refractivity contribution in [3.8, 4) is 0 Å². The minimum Gasteiger partial charge on any atom is -0.392 e. The quantitative estimate of drug-likeness (QED) is 0.731. The van der Waals surface area contributed by atoms with Crippen LogP contribution in [0.1, 0.15) is 53.4 Å². The highest BCUT2D eigenvalue weighted by atomic mass is 16.3. The van der Waals surface area contributed by atoms with Crippen LogP contribution in [0.2, 0.25) is 0 Å². The van der Waals surface area contributed by atoms with E-state index in [0.717, 1.165) is 5.92 Å². The van der Waals surface area contributed by atoms with Crippen molar-refractivity contribution in [2.75, 3.05) is 0 Å². The number of rotatable bonds is 3. The summed E-state index contributed by atoms with van der Waals surface area (Å²) < 4.78 is 0. The van der Waals surface area contributed by atoms with Gasteiger partial charge in [-0.1, -0.05) is 6.92 Å². The maximum absolute atomic E-state index is 9.60. The number of aliphatic hydroxyl groups is 1. The third-order valence-corrected chi connectivity index (χ3v) is 3.64. The summed E-state index contributed by atoms with van der Waals surface area (Å²) in [7, 11) is 0. The molecule has 2 nitrogen and oxygen atoms in total. The van der Waals surface area contributed by atoms with Crippen molar-refractivity contribution < 1.29 is 5.11 Å². The lowest BCUT2D eigenvalue weighted by atomic mass is 9.85. The molecule has 0 spiro atoms. The Balaban J connectivity index is 2.37. The summed E-state index contributed by atoms with van der Waals surface area (Å²) in [4.78, 5) is 0. The molecule has 1 aliphatic rings. The van der Waals surface area contributed by atoms with Gasteiger partial charge in [0.25, 0.3) is 0 Å². The van der Waals surface area contributed by atoms with Crippen LogP contribution in [0.25, 0.3) is 0 Å². The Morgan fingerprint density at radius 2 is 1.71 bits per heavy atom. The molecule has 1 unspecified atom stereocenters. The van der Waals surface area contributed by atoms with Crippen LogP contribution in [0.4, 0.5) is 0 Å². The van der Waals surface area contributed by atoms with E-state index in [9.17, 15) is 5.11 Å². The monoisotopic (exact) mass is 199 g/mol. The summed E-state index contributed by atoms with van der Waals surface area (Å²) >= 11 is 0. The van der Waals surface area contributed by atoms with Gasteiger partial charge >= 0.3 is 0 Å². The average Bonchev–Trinajstić information content (AvgIpc) is 2.08. The average molecular weight is 199 g/mol. The molecule has 1 saturated carbocycles. The van der Waals surface area contributed by atoms with Gasteiger partial charge in [0.2, 0.25) is 0 Å². The highest BCUT2D eigenvalue weighted by molar-refractivity contribution is 4.88. The first kappa shape index (κ1) is 12.0. The molecule has 0 bridgehead atoms. The van der Waals surface area contributed by atoms with E-state index in [1.165, 1.54) is 25.7 Å². The lowest BCUT2D eigenvalue weighted by molar-refractivity contribution is 0.0810. The van der Waals surface area contributed by atoms with Crippen molar-refractivity contribution in [2.45, 2.75) is 71.1 Å². The summed E-state index contributed by atoms with van der Waals surface area (Å²) in [6.45, 7) is 8.35. The van der Waals surface area contributed by atoms with Crippen molar-refractivity contribution in [1.82, 2.24) is 5.32 Å². The van der Waals surface area contributed by atoms with Crippen molar-refractivity contribution in [2.24, 2.45) is 5.92 Å². The maximum atomic E-state index is 9.60. The maximum Gasteiger partial charge on any atom is 0.0688 e. The first-order valence-corrected chi connectivity index (χ1v) is 5.87. The summed E-state index contributed by atoms with van der Waals surface area (Å²) in [5.41, 5.74) is -0.148. The predicted molar refractivity (Wildman–Crippen MR) is 60.3 cm³/mol. The van der Waals surface area contributed by atoms with Crippen LogP contribution in [0.15, 0.2) is 0 Å². The largest absolute Gasteiger partial charge is 0.392 e. The SMILES string of the molecule is CC1CCC(NC(C)(C)C(C)O)CC1. The van der Waals surface area contributed by atoms with E-state index in [2.05, 4.69) is 26.1 Å². The molecule has 1 fully saturated rings. The fourth-order valence-corrected chi connectivity index (χ4v) is 2.05. The smallest absolute Gasteiger partial charge is 0.0688 e.